The second-order valence-corrected chi connectivity index (χ2v) is 6.62. The van der Waals surface area contributed by atoms with E-state index in [2.05, 4.69) is 51.1 Å². The van der Waals surface area contributed by atoms with Crippen LogP contribution >= 0.6 is 0 Å². The Bertz CT molecular complexity index is 432. The van der Waals surface area contributed by atoms with Crippen LogP contribution in [-0.4, -0.2) is 0 Å². The van der Waals surface area contributed by atoms with Gasteiger partial charge in [0.2, 0.25) is 0 Å². The molecule has 0 saturated heterocycles. The highest BCUT2D eigenvalue weighted by molar-refractivity contribution is 5.29. The number of unbranched alkanes of at least 4 members (excludes halogenated alkanes) is 1. The van der Waals surface area contributed by atoms with Crippen molar-refractivity contribution in [1.29, 1.82) is 0 Å². The van der Waals surface area contributed by atoms with Crippen LogP contribution in [0.15, 0.2) is 35.9 Å². The number of hydrogen-bond acceptors (Lipinski definition) is 0. The number of allylic oxidation sites excluding steroid dienone is 2. The van der Waals surface area contributed by atoms with E-state index in [1.807, 2.05) is 13.8 Å². The summed E-state index contributed by atoms with van der Waals surface area (Å²) in [5, 5.41) is 0. The molecule has 0 bridgehead atoms. The molecule has 0 N–H and O–H groups in total. The number of hydrogen-bond donors (Lipinski definition) is 0. The Morgan fingerprint density at radius 1 is 1.05 bits per heavy atom. The molecule has 1 aliphatic rings. The average molecular weight is 301 g/mol. The molecule has 2 rings (SSSR count). The first-order chi connectivity index (χ1) is 10.7. The maximum atomic E-state index is 2.44. The molecule has 124 valence electrons. The van der Waals surface area contributed by atoms with E-state index in [4.69, 9.17) is 0 Å². The van der Waals surface area contributed by atoms with Gasteiger partial charge >= 0.3 is 0 Å². The van der Waals surface area contributed by atoms with Crippen molar-refractivity contribution in [3.05, 3.63) is 47.0 Å². The summed E-state index contributed by atoms with van der Waals surface area (Å²) in [7, 11) is 0. The van der Waals surface area contributed by atoms with Crippen LogP contribution in [0.5, 0.6) is 0 Å². The number of aryl methyl sites for hydroxylation is 1. The van der Waals surface area contributed by atoms with Crippen molar-refractivity contribution >= 4 is 0 Å². The molecular weight excluding hydrogens is 264 g/mol. The SMILES string of the molecule is CC.CCCCC(C)(CC)c1ccc(CCC=C2CC2)cc1. The Morgan fingerprint density at radius 3 is 2.18 bits per heavy atom. The lowest BCUT2D eigenvalue weighted by molar-refractivity contribution is 0.403. The predicted molar refractivity (Wildman–Crippen MR) is 101 cm³/mol. The van der Waals surface area contributed by atoms with Gasteiger partial charge in [-0.05, 0) is 55.1 Å². The lowest BCUT2D eigenvalue weighted by atomic mass is 9.76. The minimum Gasteiger partial charge on any atom is -0.0850 e. The van der Waals surface area contributed by atoms with Crippen molar-refractivity contribution in [1.82, 2.24) is 0 Å². The Hall–Kier alpha value is -1.04. The van der Waals surface area contributed by atoms with Crippen LogP contribution in [0.3, 0.4) is 0 Å². The lowest BCUT2D eigenvalue weighted by Crippen LogP contribution is -2.20. The van der Waals surface area contributed by atoms with Crippen LogP contribution < -0.4 is 0 Å². The zero-order valence-electron chi connectivity index (χ0n) is 15.5. The molecule has 0 nitrogen and oxygen atoms in total. The van der Waals surface area contributed by atoms with Gasteiger partial charge in [-0.3, -0.25) is 0 Å². The summed E-state index contributed by atoms with van der Waals surface area (Å²) in [4.78, 5) is 0. The van der Waals surface area contributed by atoms with Crippen molar-refractivity contribution in [2.75, 3.05) is 0 Å². The minimum absolute atomic E-state index is 0.366. The van der Waals surface area contributed by atoms with Crippen LogP contribution in [0, 0.1) is 0 Å². The van der Waals surface area contributed by atoms with Gasteiger partial charge in [-0.15, -0.1) is 0 Å². The molecule has 0 aliphatic heterocycles. The molecular formula is C22H36. The molecule has 0 heterocycles. The summed E-state index contributed by atoms with van der Waals surface area (Å²) in [5.41, 5.74) is 5.04. The highest BCUT2D eigenvalue weighted by Gasteiger charge is 2.23. The molecule has 0 aromatic heterocycles. The third-order valence-electron chi connectivity index (χ3n) is 4.92. The second kappa shape index (κ2) is 9.87. The fourth-order valence-corrected chi connectivity index (χ4v) is 2.89. The maximum Gasteiger partial charge on any atom is -0.00779 e. The quantitative estimate of drug-likeness (QED) is 0.444. The molecule has 1 unspecified atom stereocenters. The Kier molecular flexibility index (Phi) is 8.53. The van der Waals surface area contributed by atoms with Gasteiger partial charge in [-0.1, -0.05) is 83.4 Å². The smallest absolute Gasteiger partial charge is 0.00779 e. The number of rotatable bonds is 8. The summed E-state index contributed by atoms with van der Waals surface area (Å²) in [6, 6.07) is 9.44. The third-order valence-corrected chi connectivity index (χ3v) is 4.92. The molecule has 1 aliphatic carbocycles. The topological polar surface area (TPSA) is 0 Å². The van der Waals surface area contributed by atoms with E-state index in [1.165, 1.54) is 62.5 Å². The molecule has 0 radical (unpaired) electrons. The van der Waals surface area contributed by atoms with Gasteiger partial charge in [0.05, 0.1) is 0 Å². The summed E-state index contributed by atoms with van der Waals surface area (Å²) in [6.45, 7) is 11.0. The van der Waals surface area contributed by atoms with Crippen molar-refractivity contribution in [2.45, 2.75) is 91.4 Å². The van der Waals surface area contributed by atoms with Crippen LogP contribution in [-0.2, 0) is 11.8 Å². The Labute approximate surface area is 139 Å². The zero-order chi connectivity index (χ0) is 16.4. The van der Waals surface area contributed by atoms with Gasteiger partial charge in [-0.25, -0.2) is 0 Å². The van der Waals surface area contributed by atoms with Crippen LogP contribution in [0.4, 0.5) is 0 Å². The van der Waals surface area contributed by atoms with Gasteiger partial charge in [0.1, 0.15) is 0 Å². The highest BCUT2D eigenvalue weighted by atomic mass is 14.3. The van der Waals surface area contributed by atoms with E-state index in [1.54, 1.807) is 5.57 Å². The van der Waals surface area contributed by atoms with E-state index in [-0.39, 0.29) is 0 Å². The van der Waals surface area contributed by atoms with Crippen LogP contribution in [0.1, 0.15) is 90.7 Å². The van der Waals surface area contributed by atoms with Crippen LogP contribution in [0.2, 0.25) is 0 Å². The van der Waals surface area contributed by atoms with Crippen molar-refractivity contribution in [3.63, 3.8) is 0 Å². The molecule has 1 fully saturated rings. The summed E-state index contributed by atoms with van der Waals surface area (Å²) < 4.78 is 0. The third kappa shape index (κ3) is 5.99. The molecule has 22 heavy (non-hydrogen) atoms. The summed E-state index contributed by atoms with van der Waals surface area (Å²) in [5.74, 6) is 0. The predicted octanol–water partition coefficient (Wildman–Crippen LogP) is 7.22. The molecule has 0 amide bonds. The monoisotopic (exact) mass is 300 g/mol. The van der Waals surface area contributed by atoms with E-state index >= 15 is 0 Å². The van der Waals surface area contributed by atoms with Gasteiger partial charge < -0.3 is 0 Å². The minimum atomic E-state index is 0.366. The molecule has 1 saturated carbocycles. The number of benzene rings is 1. The van der Waals surface area contributed by atoms with E-state index < -0.39 is 0 Å². The van der Waals surface area contributed by atoms with Crippen molar-refractivity contribution in [2.24, 2.45) is 0 Å². The summed E-state index contributed by atoms with van der Waals surface area (Å²) >= 11 is 0. The largest absolute Gasteiger partial charge is 0.0850 e. The lowest BCUT2D eigenvalue weighted by Gasteiger charge is -2.29. The van der Waals surface area contributed by atoms with E-state index in [0.717, 1.165) is 0 Å². The average Bonchev–Trinajstić information content (AvgIpc) is 3.39. The fraction of sp³-hybridized carbons (Fsp3) is 0.636. The van der Waals surface area contributed by atoms with Gasteiger partial charge in [0, 0.05) is 0 Å². The standard InChI is InChI=1S/C20H30.C2H6/c1-4-6-16-20(3,5-2)19-14-12-18(13-15-19)9-7-8-17-10-11-17;1-2/h8,12-15H,4-7,9-11,16H2,1-3H3;1-2H3. The maximum absolute atomic E-state index is 2.44. The highest BCUT2D eigenvalue weighted by Crippen LogP contribution is 2.33. The van der Waals surface area contributed by atoms with E-state index in [0.29, 0.717) is 5.41 Å². The van der Waals surface area contributed by atoms with E-state index in [9.17, 15) is 0 Å². The zero-order valence-corrected chi connectivity index (χ0v) is 15.5. The molecule has 0 heteroatoms. The first kappa shape index (κ1) is 19.0. The normalized spacial score (nSPS) is 15.6. The van der Waals surface area contributed by atoms with Crippen LogP contribution in [0.25, 0.3) is 0 Å². The first-order valence-electron chi connectivity index (χ1n) is 9.45. The molecule has 1 aromatic carbocycles. The molecule has 1 aromatic rings. The Morgan fingerprint density at radius 2 is 1.68 bits per heavy atom. The second-order valence-electron chi connectivity index (χ2n) is 6.62. The van der Waals surface area contributed by atoms with Gasteiger partial charge in [0.25, 0.3) is 0 Å². The van der Waals surface area contributed by atoms with Gasteiger partial charge in [-0.2, -0.15) is 0 Å². The molecule has 1 atom stereocenters. The Balaban J connectivity index is 0.00000116. The fourth-order valence-electron chi connectivity index (χ4n) is 2.89. The molecule has 0 spiro atoms. The first-order valence-corrected chi connectivity index (χ1v) is 9.45. The van der Waals surface area contributed by atoms with Gasteiger partial charge in [0.15, 0.2) is 0 Å². The van der Waals surface area contributed by atoms with Crippen molar-refractivity contribution < 1.29 is 0 Å². The van der Waals surface area contributed by atoms with Crippen molar-refractivity contribution in [3.8, 4) is 0 Å². The summed E-state index contributed by atoms with van der Waals surface area (Å²) in [6.07, 6.45) is 12.7.